The van der Waals surface area contributed by atoms with Crippen molar-refractivity contribution in [1.82, 2.24) is 10.3 Å². The molecule has 2 aromatic rings. The summed E-state index contributed by atoms with van der Waals surface area (Å²) in [5.41, 5.74) is 1.46. The van der Waals surface area contributed by atoms with Crippen molar-refractivity contribution in [1.29, 1.82) is 0 Å². The molecule has 0 saturated carbocycles. The highest BCUT2D eigenvalue weighted by atomic mass is 16.3. The van der Waals surface area contributed by atoms with Gasteiger partial charge in [-0.2, -0.15) is 0 Å². The minimum Gasteiger partial charge on any atom is -0.444 e. The van der Waals surface area contributed by atoms with E-state index in [2.05, 4.69) is 10.3 Å². The van der Waals surface area contributed by atoms with Crippen molar-refractivity contribution in [3.63, 3.8) is 0 Å². The van der Waals surface area contributed by atoms with Crippen LogP contribution in [0, 0.1) is 0 Å². The number of amides is 1. The van der Waals surface area contributed by atoms with Gasteiger partial charge in [-0.3, -0.25) is 4.79 Å². The molecule has 0 saturated heterocycles. The zero-order valence-electron chi connectivity index (χ0n) is 9.81. The molecule has 0 unspecified atom stereocenters. The largest absolute Gasteiger partial charge is 0.444 e. The molecule has 1 aromatic heterocycles. The maximum Gasteiger partial charge on any atom is 0.251 e. The zero-order valence-corrected chi connectivity index (χ0v) is 9.81. The summed E-state index contributed by atoms with van der Waals surface area (Å²) in [6, 6.07) is 7.40. The van der Waals surface area contributed by atoms with Gasteiger partial charge in [0.15, 0.2) is 12.2 Å². The van der Waals surface area contributed by atoms with Gasteiger partial charge in [0.25, 0.3) is 5.91 Å². The molecule has 1 amide bonds. The molecular formula is C13H14N2O2. The third-order valence-electron chi connectivity index (χ3n) is 2.26. The molecule has 88 valence electrons. The predicted molar refractivity (Wildman–Crippen MR) is 64.5 cm³/mol. The Hall–Kier alpha value is -2.10. The Bertz CT molecular complexity index is 504. The fourth-order valence-electron chi connectivity index (χ4n) is 1.52. The van der Waals surface area contributed by atoms with Crippen molar-refractivity contribution in [2.75, 3.05) is 0 Å². The molecule has 0 aliphatic rings. The lowest BCUT2D eigenvalue weighted by Crippen LogP contribution is -2.29. The van der Waals surface area contributed by atoms with Gasteiger partial charge in [-0.25, -0.2) is 4.98 Å². The SMILES string of the molecule is CC(C)NC(=O)c1cccc(-c2cnco2)c1. The van der Waals surface area contributed by atoms with Gasteiger partial charge < -0.3 is 9.73 Å². The average Bonchev–Trinajstić information content (AvgIpc) is 2.82. The molecule has 0 aliphatic carbocycles. The first-order chi connectivity index (χ1) is 8.16. The first kappa shape index (κ1) is 11.4. The van der Waals surface area contributed by atoms with Gasteiger partial charge >= 0.3 is 0 Å². The molecule has 1 aromatic carbocycles. The summed E-state index contributed by atoms with van der Waals surface area (Å²) in [6.45, 7) is 3.86. The van der Waals surface area contributed by atoms with E-state index in [-0.39, 0.29) is 11.9 Å². The van der Waals surface area contributed by atoms with Crippen molar-refractivity contribution in [2.24, 2.45) is 0 Å². The summed E-state index contributed by atoms with van der Waals surface area (Å²) in [5, 5.41) is 2.85. The Balaban J connectivity index is 2.26. The van der Waals surface area contributed by atoms with Crippen LogP contribution in [0.15, 0.2) is 41.3 Å². The second kappa shape index (κ2) is 4.82. The van der Waals surface area contributed by atoms with E-state index >= 15 is 0 Å². The summed E-state index contributed by atoms with van der Waals surface area (Å²) < 4.78 is 5.19. The van der Waals surface area contributed by atoms with Crippen LogP contribution in [0.25, 0.3) is 11.3 Å². The Morgan fingerprint density at radius 3 is 2.88 bits per heavy atom. The molecule has 0 radical (unpaired) electrons. The Morgan fingerprint density at radius 2 is 2.24 bits per heavy atom. The van der Waals surface area contributed by atoms with Crippen molar-refractivity contribution in [2.45, 2.75) is 19.9 Å². The van der Waals surface area contributed by atoms with Crippen LogP contribution < -0.4 is 5.32 Å². The second-order valence-corrected chi connectivity index (χ2v) is 4.07. The topological polar surface area (TPSA) is 55.1 Å². The van der Waals surface area contributed by atoms with Gasteiger partial charge in [0.2, 0.25) is 0 Å². The van der Waals surface area contributed by atoms with Crippen LogP contribution in [0.2, 0.25) is 0 Å². The molecule has 0 fully saturated rings. The molecule has 4 nitrogen and oxygen atoms in total. The number of benzene rings is 1. The predicted octanol–water partition coefficient (Wildman–Crippen LogP) is 2.48. The minimum absolute atomic E-state index is 0.0821. The van der Waals surface area contributed by atoms with E-state index in [1.54, 1.807) is 18.3 Å². The summed E-state index contributed by atoms with van der Waals surface area (Å²) >= 11 is 0. The Kier molecular flexibility index (Phi) is 3.23. The van der Waals surface area contributed by atoms with Gasteiger partial charge in [-0.15, -0.1) is 0 Å². The molecule has 2 rings (SSSR count). The van der Waals surface area contributed by atoms with Gasteiger partial charge in [-0.1, -0.05) is 12.1 Å². The number of hydrogen-bond donors (Lipinski definition) is 1. The summed E-state index contributed by atoms with van der Waals surface area (Å²) in [6.07, 6.45) is 3.00. The van der Waals surface area contributed by atoms with E-state index in [9.17, 15) is 4.79 Å². The minimum atomic E-state index is -0.0821. The molecule has 0 atom stereocenters. The molecule has 0 bridgehead atoms. The molecule has 17 heavy (non-hydrogen) atoms. The van der Waals surface area contributed by atoms with Crippen LogP contribution in [-0.2, 0) is 0 Å². The van der Waals surface area contributed by atoms with Crippen molar-refractivity contribution < 1.29 is 9.21 Å². The molecule has 0 spiro atoms. The number of aromatic nitrogens is 1. The van der Waals surface area contributed by atoms with E-state index in [1.807, 2.05) is 26.0 Å². The van der Waals surface area contributed by atoms with Crippen molar-refractivity contribution >= 4 is 5.91 Å². The van der Waals surface area contributed by atoms with Gasteiger partial charge in [-0.05, 0) is 26.0 Å². The lowest BCUT2D eigenvalue weighted by atomic mass is 10.1. The van der Waals surface area contributed by atoms with Gasteiger partial charge in [0, 0.05) is 17.2 Å². The molecule has 1 heterocycles. The smallest absolute Gasteiger partial charge is 0.251 e. The Labute approximate surface area is 99.7 Å². The standard InChI is InChI=1S/C13H14N2O2/c1-9(2)15-13(16)11-5-3-4-10(6-11)12-7-14-8-17-12/h3-9H,1-2H3,(H,15,16). The highest BCUT2D eigenvalue weighted by Crippen LogP contribution is 2.19. The number of nitrogens with one attached hydrogen (secondary N) is 1. The van der Waals surface area contributed by atoms with Crippen LogP contribution >= 0.6 is 0 Å². The molecular weight excluding hydrogens is 216 g/mol. The summed E-state index contributed by atoms with van der Waals surface area (Å²) in [7, 11) is 0. The fourth-order valence-corrected chi connectivity index (χ4v) is 1.52. The van der Waals surface area contributed by atoms with E-state index in [4.69, 9.17) is 4.42 Å². The number of hydrogen-bond acceptors (Lipinski definition) is 3. The molecule has 4 heteroatoms. The van der Waals surface area contributed by atoms with Crippen LogP contribution in [0.5, 0.6) is 0 Å². The quantitative estimate of drug-likeness (QED) is 0.881. The number of nitrogens with zero attached hydrogens (tertiary/aromatic N) is 1. The summed E-state index contributed by atoms with van der Waals surface area (Å²) in [4.78, 5) is 15.7. The number of carbonyl (C=O) groups excluding carboxylic acids is 1. The number of rotatable bonds is 3. The van der Waals surface area contributed by atoms with Crippen LogP contribution in [-0.4, -0.2) is 16.9 Å². The van der Waals surface area contributed by atoms with Crippen molar-refractivity contribution in [3.8, 4) is 11.3 Å². The maximum absolute atomic E-state index is 11.8. The lowest BCUT2D eigenvalue weighted by Gasteiger charge is -2.08. The third-order valence-corrected chi connectivity index (χ3v) is 2.26. The summed E-state index contributed by atoms with van der Waals surface area (Å²) in [5.74, 6) is 0.575. The van der Waals surface area contributed by atoms with E-state index in [0.29, 0.717) is 11.3 Å². The normalized spacial score (nSPS) is 10.5. The number of carbonyl (C=O) groups is 1. The average molecular weight is 230 g/mol. The van der Waals surface area contributed by atoms with E-state index in [0.717, 1.165) is 5.56 Å². The first-order valence-electron chi connectivity index (χ1n) is 5.46. The molecule has 1 N–H and O–H groups in total. The zero-order chi connectivity index (χ0) is 12.3. The van der Waals surface area contributed by atoms with Crippen LogP contribution in [0.3, 0.4) is 0 Å². The number of oxazole rings is 1. The first-order valence-corrected chi connectivity index (χ1v) is 5.46. The van der Waals surface area contributed by atoms with Gasteiger partial charge in [0.05, 0.1) is 6.20 Å². The van der Waals surface area contributed by atoms with E-state index in [1.165, 1.54) is 6.39 Å². The fraction of sp³-hybridized carbons (Fsp3) is 0.231. The second-order valence-electron chi connectivity index (χ2n) is 4.07. The highest BCUT2D eigenvalue weighted by Gasteiger charge is 2.09. The highest BCUT2D eigenvalue weighted by molar-refractivity contribution is 5.95. The van der Waals surface area contributed by atoms with Crippen molar-refractivity contribution in [3.05, 3.63) is 42.4 Å². The van der Waals surface area contributed by atoms with Crippen LogP contribution in [0.4, 0.5) is 0 Å². The Morgan fingerprint density at radius 1 is 1.41 bits per heavy atom. The lowest BCUT2D eigenvalue weighted by molar-refractivity contribution is 0.0943. The van der Waals surface area contributed by atoms with Crippen LogP contribution in [0.1, 0.15) is 24.2 Å². The monoisotopic (exact) mass is 230 g/mol. The third kappa shape index (κ3) is 2.72. The molecule has 0 aliphatic heterocycles. The maximum atomic E-state index is 11.8. The van der Waals surface area contributed by atoms with E-state index < -0.39 is 0 Å². The van der Waals surface area contributed by atoms with Gasteiger partial charge in [0.1, 0.15) is 0 Å².